The van der Waals surface area contributed by atoms with Crippen molar-refractivity contribution in [2.75, 3.05) is 25.1 Å². The van der Waals surface area contributed by atoms with Crippen molar-refractivity contribution in [2.24, 2.45) is 5.92 Å². The van der Waals surface area contributed by atoms with Crippen molar-refractivity contribution >= 4 is 39.2 Å². The molecule has 1 amide bonds. The first kappa shape index (κ1) is 21.6. The number of allylic oxidation sites excluding steroid dienone is 1. The number of likely N-dealkylation sites (tertiary alicyclic amines) is 1. The summed E-state index contributed by atoms with van der Waals surface area (Å²) < 4.78 is 22.5. The molecule has 5 nitrogen and oxygen atoms in total. The number of carbonyl (C=O) groups excluding carboxylic acids is 2. The number of benzene rings is 1. The van der Waals surface area contributed by atoms with Gasteiger partial charge in [0.25, 0.3) is 0 Å². The van der Waals surface area contributed by atoms with Crippen LogP contribution in [0.3, 0.4) is 0 Å². The molecule has 2 rings (SSSR count). The van der Waals surface area contributed by atoms with Crippen molar-refractivity contribution in [3.8, 4) is 0 Å². The summed E-state index contributed by atoms with van der Waals surface area (Å²) in [5.74, 6) is 0.456. The Labute approximate surface area is 166 Å². The quantitative estimate of drug-likeness (QED) is 0.615. The van der Waals surface area contributed by atoms with E-state index >= 15 is 0 Å². The molecule has 0 atom stereocenters. The maximum Gasteiger partial charge on any atom is 0.223 e. The van der Waals surface area contributed by atoms with Gasteiger partial charge in [-0.15, -0.1) is 0 Å². The third-order valence-electron chi connectivity index (χ3n) is 4.76. The van der Waals surface area contributed by atoms with E-state index in [-0.39, 0.29) is 30.3 Å². The minimum Gasteiger partial charge on any atom is -0.343 e. The van der Waals surface area contributed by atoms with Gasteiger partial charge >= 0.3 is 0 Å². The Kier molecular flexibility index (Phi) is 8.05. The molecule has 7 heteroatoms. The van der Waals surface area contributed by atoms with Crippen LogP contribution in [0.15, 0.2) is 30.3 Å². The number of hydrogen-bond donors (Lipinski definition) is 0. The van der Waals surface area contributed by atoms with Crippen LogP contribution < -0.4 is 0 Å². The van der Waals surface area contributed by atoms with Gasteiger partial charge in [0.2, 0.25) is 5.91 Å². The summed E-state index contributed by atoms with van der Waals surface area (Å²) >= 11 is 5.90. The van der Waals surface area contributed by atoms with Crippen LogP contribution in [-0.2, 0) is 19.4 Å². The first-order valence-corrected chi connectivity index (χ1v) is 11.6. The van der Waals surface area contributed by atoms with E-state index < -0.39 is 9.84 Å². The lowest BCUT2D eigenvalue weighted by molar-refractivity contribution is -0.134. The fourth-order valence-corrected chi connectivity index (χ4v) is 4.08. The first-order valence-electron chi connectivity index (χ1n) is 9.15. The summed E-state index contributed by atoms with van der Waals surface area (Å²) in [5.41, 5.74) is 0.846. The van der Waals surface area contributed by atoms with Crippen LogP contribution in [0.2, 0.25) is 5.02 Å². The van der Waals surface area contributed by atoms with Gasteiger partial charge in [-0.3, -0.25) is 9.59 Å². The molecule has 0 N–H and O–H groups in total. The smallest absolute Gasteiger partial charge is 0.223 e. The standard InChI is InChI=1S/C20H26ClNO4S/c1-27(25,26)14-11-16-9-12-22(13-10-16)20(24)8-7-19(23)6-5-17-3-2-4-18(21)15-17/h2-6,15-16H,7-14H2,1H3/b6-5+. The number of ketones is 1. The van der Waals surface area contributed by atoms with E-state index in [4.69, 9.17) is 11.6 Å². The molecule has 1 aliphatic rings. The van der Waals surface area contributed by atoms with E-state index in [1.807, 2.05) is 12.1 Å². The number of amides is 1. The largest absolute Gasteiger partial charge is 0.343 e. The highest BCUT2D eigenvalue weighted by molar-refractivity contribution is 7.90. The van der Waals surface area contributed by atoms with Gasteiger partial charge in [0.15, 0.2) is 5.78 Å². The minimum atomic E-state index is -2.93. The van der Waals surface area contributed by atoms with E-state index in [0.717, 1.165) is 18.4 Å². The number of nitrogens with zero attached hydrogens (tertiary/aromatic N) is 1. The summed E-state index contributed by atoms with van der Waals surface area (Å²) in [4.78, 5) is 26.0. The predicted molar refractivity (Wildman–Crippen MR) is 108 cm³/mol. The van der Waals surface area contributed by atoms with Crippen LogP contribution in [0.1, 0.15) is 37.7 Å². The molecule has 1 heterocycles. The Hall–Kier alpha value is -1.66. The Balaban J connectivity index is 1.71. The molecule has 0 aromatic heterocycles. The highest BCUT2D eigenvalue weighted by Crippen LogP contribution is 2.21. The van der Waals surface area contributed by atoms with Crippen LogP contribution in [-0.4, -0.2) is 50.1 Å². The lowest BCUT2D eigenvalue weighted by atomic mass is 9.94. The molecule has 0 bridgehead atoms. The Morgan fingerprint density at radius 3 is 2.56 bits per heavy atom. The maximum absolute atomic E-state index is 12.3. The molecule has 1 fully saturated rings. The third kappa shape index (κ3) is 8.26. The van der Waals surface area contributed by atoms with Crippen LogP contribution in [0.25, 0.3) is 6.08 Å². The molecule has 148 valence electrons. The molecular weight excluding hydrogens is 386 g/mol. The SMILES string of the molecule is CS(=O)(=O)CCC1CCN(C(=O)CCC(=O)/C=C/c2cccc(Cl)c2)CC1. The Morgan fingerprint density at radius 1 is 1.22 bits per heavy atom. The van der Waals surface area contributed by atoms with Gasteiger partial charge in [-0.1, -0.05) is 29.8 Å². The van der Waals surface area contributed by atoms with Gasteiger partial charge in [0, 0.05) is 37.2 Å². The Morgan fingerprint density at radius 2 is 1.93 bits per heavy atom. The molecular formula is C20H26ClNO4S. The normalized spacial score (nSPS) is 16.0. The van der Waals surface area contributed by atoms with Crippen LogP contribution in [0, 0.1) is 5.92 Å². The van der Waals surface area contributed by atoms with Gasteiger partial charge in [-0.25, -0.2) is 8.42 Å². The molecule has 27 heavy (non-hydrogen) atoms. The van der Waals surface area contributed by atoms with E-state index in [0.29, 0.717) is 30.5 Å². The molecule has 0 unspecified atom stereocenters. The minimum absolute atomic E-state index is 0.0129. The van der Waals surface area contributed by atoms with Crippen molar-refractivity contribution < 1.29 is 18.0 Å². The average molecular weight is 412 g/mol. The van der Waals surface area contributed by atoms with Gasteiger partial charge in [-0.05, 0) is 49.0 Å². The summed E-state index contributed by atoms with van der Waals surface area (Å²) in [5, 5.41) is 0.611. The highest BCUT2D eigenvalue weighted by Gasteiger charge is 2.23. The number of hydrogen-bond acceptors (Lipinski definition) is 4. The zero-order chi connectivity index (χ0) is 19.9. The predicted octanol–water partition coefficient (Wildman–Crippen LogP) is 3.38. The van der Waals surface area contributed by atoms with Crippen LogP contribution in [0.4, 0.5) is 0 Å². The maximum atomic E-state index is 12.3. The summed E-state index contributed by atoms with van der Waals surface area (Å²) in [6.07, 6.45) is 7.13. The van der Waals surface area contributed by atoms with E-state index in [1.165, 1.54) is 12.3 Å². The second kappa shape index (κ2) is 10.0. The molecule has 1 aliphatic heterocycles. The number of carbonyl (C=O) groups is 2. The second-order valence-electron chi connectivity index (χ2n) is 7.10. The topological polar surface area (TPSA) is 71.5 Å². The fourth-order valence-electron chi connectivity index (χ4n) is 3.12. The third-order valence-corrected chi connectivity index (χ3v) is 5.97. The van der Waals surface area contributed by atoms with Crippen molar-refractivity contribution in [2.45, 2.75) is 32.1 Å². The average Bonchev–Trinajstić information content (AvgIpc) is 2.62. The molecule has 1 aromatic carbocycles. The van der Waals surface area contributed by atoms with Crippen molar-refractivity contribution in [1.82, 2.24) is 4.90 Å². The zero-order valence-corrected chi connectivity index (χ0v) is 17.1. The van der Waals surface area contributed by atoms with Crippen molar-refractivity contribution in [3.63, 3.8) is 0 Å². The van der Waals surface area contributed by atoms with Gasteiger partial charge in [0.05, 0.1) is 5.75 Å². The van der Waals surface area contributed by atoms with Crippen molar-refractivity contribution in [1.29, 1.82) is 0 Å². The molecule has 1 aromatic rings. The summed E-state index contributed by atoms with van der Waals surface area (Å²) in [7, 11) is -2.93. The summed E-state index contributed by atoms with van der Waals surface area (Å²) in [6.45, 7) is 1.28. The van der Waals surface area contributed by atoms with Gasteiger partial charge in [0.1, 0.15) is 9.84 Å². The molecule has 0 radical (unpaired) electrons. The highest BCUT2D eigenvalue weighted by atomic mass is 35.5. The van der Waals surface area contributed by atoms with Crippen LogP contribution >= 0.6 is 11.6 Å². The monoisotopic (exact) mass is 411 g/mol. The fraction of sp³-hybridized carbons (Fsp3) is 0.500. The number of piperidine rings is 1. The molecule has 0 spiro atoms. The molecule has 1 saturated heterocycles. The summed E-state index contributed by atoms with van der Waals surface area (Å²) in [6, 6.07) is 7.21. The number of sulfone groups is 1. The molecule has 0 aliphatic carbocycles. The Bertz CT molecular complexity index is 796. The zero-order valence-electron chi connectivity index (χ0n) is 15.6. The van der Waals surface area contributed by atoms with Crippen LogP contribution in [0.5, 0.6) is 0 Å². The first-order chi connectivity index (χ1) is 12.7. The second-order valence-corrected chi connectivity index (χ2v) is 9.79. The number of halogens is 1. The van der Waals surface area contributed by atoms with E-state index in [9.17, 15) is 18.0 Å². The van der Waals surface area contributed by atoms with Gasteiger partial charge < -0.3 is 4.90 Å². The molecule has 0 saturated carbocycles. The number of rotatable bonds is 8. The lowest BCUT2D eigenvalue weighted by Gasteiger charge is -2.32. The van der Waals surface area contributed by atoms with Crippen molar-refractivity contribution in [3.05, 3.63) is 40.9 Å². The van der Waals surface area contributed by atoms with Gasteiger partial charge in [-0.2, -0.15) is 0 Å². The van der Waals surface area contributed by atoms with E-state index in [1.54, 1.807) is 23.1 Å². The lowest BCUT2D eigenvalue weighted by Crippen LogP contribution is -2.38. The van der Waals surface area contributed by atoms with E-state index in [2.05, 4.69) is 0 Å².